The standard InChI is InChI=1S/C24H35N7.HI/c1-2-25-24(31-17-15-30(16-18-31)22-9-5-6-11-26-22)28-20-21-10-12-27-23(19-21)29-13-7-3-4-8-14-29;/h5-6,9-12,19H,2-4,7-8,13-18,20H2,1H3,(H,25,28);1H. The van der Waals surface area contributed by atoms with Gasteiger partial charge in [-0.3, -0.25) is 0 Å². The minimum atomic E-state index is 0. The summed E-state index contributed by atoms with van der Waals surface area (Å²) >= 11 is 0. The fourth-order valence-electron chi connectivity index (χ4n) is 4.31. The van der Waals surface area contributed by atoms with Gasteiger partial charge < -0.3 is 20.0 Å². The summed E-state index contributed by atoms with van der Waals surface area (Å²) in [5, 5.41) is 3.48. The van der Waals surface area contributed by atoms with Crippen molar-refractivity contribution in [3.63, 3.8) is 0 Å². The van der Waals surface area contributed by atoms with Crippen LogP contribution < -0.4 is 15.1 Å². The van der Waals surface area contributed by atoms with E-state index in [4.69, 9.17) is 4.99 Å². The highest BCUT2D eigenvalue weighted by molar-refractivity contribution is 14.0. The summed E-state index contributed by atoms with van der Waals surface area (Å²) in [6, 6.07) is 10.4. The summed E-state index contributed by atoms with van der Waals surface area (Å²) in [7, 11) is 0. The Labute approximate surface area is 209 Å². The van der Waals surface area contributed by atoms with E-state index in [0.29, 0.717) is 6.54 Å². The third-order valence-corrected chi connectivity index (χ3v) is 6.04. The first kappa shape index (κ1) is 24.5. The molecule has 0 spiro atoms. The van der Waals surface area contributed by atoms with E-state index < -0.39 is 0 Å². The number of piperazine rings is 1. The Balaban J connectivity index is 0.00000289. The molecule has 0 unspecified atom stereocenters. The number of aliphatic imine (C=N–C) groups is 1. The number of guanidine groups is 1. The van der Waals surface area contributed by atoms with Crippen molar-refractivity contribution in [2.75, 3.05) is 55.6 Å². The van der Waals surface area contributed by atoms with Crippen LogP contribution >= 0.6 is 24.0 Å². The van der Waals surface area contributed by atoms with Gasteiger partial charge in [0.05, 0.1) is 6.54 Å². The Morgan fingerprint density at radius 2 is 1.59 bits per heavy atom. The van der Waals surface area contributed by atoms with Gasteiger partial charge in [-0.1, -0.05) is 18.9 Å². The smallest absolute Gasteiger partial charge is 0.194 e. The van der Waals surface area contributed by atoms with Gasteiger partial charge in [-0.25, -0.2) is 15.0 Å². The molecule has 0 bridgehead atoms. The number of hydrogen-bond acceptors (Lipinski definition) is 5. The van der Waals surface area contributed by atoms with Gasteiger partial charge in [0, 0.05) is 58.2 Å². The molecule has 8 heteroatoms. The number of anilines is 2. The number of hydrogen-bond donors (Lipinski definition) is 1. The van der Waals surface area contributed by atoms with Crippen molar-refractivity contribution in [1.82, 2.24) is 20.2 Å². The molecule has 7 nitrogen and oxygen atoms in total. The van der Waals surface area contributed by atoms with Crippen LogP contribution in [0.2, 0.25) is 0 Å². The predicted molar refractivity (Wildman–Crippen MR) is 143 cm³/mol. The van der Waals surface area contributed by atoms with E-state index in [1.54, 1.807) is 0 Å². The molecule has 32 heavy (non-hydrogen) atoms. The van der Waals surface area contributed by atoms with Crippen LogP contribution in [0.3, 0.4) is 0 Å². The van der Waals surface area contributed by atoms with E-state index in [2.05, 4.69) is 61.2 Å². The molecule has 2 aromatic heterocycles. The fourth-order valence-corrected chi connectivity index (χ4v) is 4.31. The van der Waals surface area contributed by atoms with Gasteiger partial charge in [0.15, 0.2) is 5.96 Å². The number of nitrogens with zero attached hydrogens (tertiary/aromatic N) is 6. The molecule has 1 N–H and O–H groups in total. The molecule has 0 aliphatic carbocycles. The van der Waals surface area contributed by atoms with Crippen LogP contribution in [0.15, 0.2) is 47.7 Å². The monoisotopic (exact) mass is 549 g/mol. The molecule has 0 atom stereocenters. The van der Waals surface area contributed by atoms with Crippen molar-refractivity contribution in [2.45, 2.75) is 39.2 Å². The van der Waals surface area contributed by atoms with E-state index in [1.165, 1.54) is 31.2 Å². The second kappa shape index (κ2) is 12.8. The van der Waals surface area contributed by atoms with Crippen molar-refractivity contribution in [3.8, 4) is 0 Å². The number of nitrogens with one attached hydrogen (secondary N) is 1. The van der Waals surface area contributed by atoms with Crippen LogP contribution in [0.5, 0.6) is 0 Å². The van der Waals surface area contributed by atoms with Gasteiger partial charge >= 0.3 is 0 Å². The normalized spacial score (nSPS) is 17.5. The zero-order valence-corrected chi connectivity index (χ0v) is 21.4. The number of halogens is 1. The lowest BCUT2D eigenvalue weighted by molar-refractivity contribution is 0.371. The highest BCUT2D eigenvalue weighted by Gasteiger charge is 2.20. The van der Waals surface area contributed by atoms with Crippen LogP contribution in [0.4, 0.5) is 11.6 Å². The summed E-state index contributed by atoms with van der Waals surface area (Å²) in [5.74, 6) is 3.15. The first-order chi connectivity index (χ1) is 15.3. The highest BCUT2D eigenvalue weighted by atomic mass is 127. The average Bonchev–Trinajstić information content (AvgIpc) is 3.12. The molecule has 4 heterocycles. The van der Waals surface area contributed by atoms with Crippen LogP contribution in [0, 0.1) is 0 Å². The molecule has 174 valence electrons. The van der Waals surface area contributed by atoms with E-state index in [1.807, 2.05) is 18.5 Å². The van der Waals surface area contributed by atoms with Gasteiger partial charge in [0.25, 0.3) is 0 Å². The number of aromatic nitrogens is 2. The molecule has 0 amide bonds. The second-order valence-electron chi connectivity index (χ2n) is 8.26. The lowest BCUT2D eigenvalue weighted by Gasteiger charge is -2.37. The maximum Gasteiger partial charge on any atom is 0.194 e. The Morgan fingerprint density at radius 1 is 0.875 bits per heavy atom. The first-order valence-electron chi connectivity index (χ1n) is 11.7. The van der Waals surface area contributed by atoms with Gasteiger partial charge in [0.1, 0.15) is 11.6 Å². The third-order valence-electron chi connectivity index (χ3n) is 6.04. The van der Waals surface area contributed by atoms with Crippen molar-refractivity contribution in [3.05, 3.63) is 48.3 Å². The minimum absolute atomic E-state index is 0. The van der Waals surface area contributed by atoms with E-state index in [-0.39, 0.29) is 24.0 Å². The SMILES string of the molecule is CCNC(=NCc1ccnc(N2CCCCCC2)c1)N1CCN(c2ccccn2)CC1.I. The van der Waals surface area contributed by atoms with Gasteiger partial charge in [-0.05, 0) is 49.6 Å². The molecule has 4 rings (SSSR count). The minimum Gasteiger partial charge on any atom is -0.357 e. The van der Waals surface area contributed by atoms with Crippen LogP contribution in [0.25, 0.3) is 0 Å². The number of rotatable bonds is 5. The summed E-state index contributed by atoms with van der Waals surface area (Å²) in [5.41, 5.74) is 1.22. The molecule has 0 saturated carbocycles. The van der Waals surface area contributed by atoms with E-state index >= 15 is 0 Å². The summed E-state index contributed by atoms with van der Waals surface area (Å²) in [4.78, 5) is 21.2. The second-order valence-corrected chi connectivity index (χ2v) is 8.26. The van der Waals surface area contributed by atoms with Crippen molar-refractivity contribution >= 4 is 41.6 Å². The van der Waals surface area contributed by atoms with Crippen molar-refractivity contribution in [1.29, 1.82) is 0 Å². The predicted octanol–water partition coefficient (Wildman–Crippen LogP) is 3.76. The van der Waals surface area contributed by atoms with E-state index in [0.717, 1.165) is 63.4 Å². The molecular formula is C24H36IN7. The first-order valence-corrected chi connectivity index (χ1v) is 11.7. The highest BCUT2D eigenvalue weighted by Crippen LogP contribution is 2.19. The maximum atomic E-state index is 4.96. The molecule has 2 saturated heterocycles. The average molecular weight is 550 g/mol. The van der Waals surface area contributed by atoms with Gasteiger partial charge in [0.2, 0.25) is 0 Å². The van der Waals surface area contributed by atoms with Gasteiger partial charge in [-0.15, -0.1) is 24.0 Å². The maximum absolute atomic E-state index is 4.96. The topological polar surface area (TPSA) is 59.9 Å². The Bertz CT molecular complexity index is 829. The van der Waals surface area contributed by atoms with Gasteiger partial charge in [-0.2, -0.15) is 0 Å². The summed E-state index contributed by atoms with van der Waals surface area (Å²) in [6.45, 7) is 9.69. The molecule has 2 aromatic rings. The molecule has 0 radical (unpaired) electrons. The zero-order chi connectivity index (χ0) is 21.3. The lowest BCUT2D eigenvalue weighted by atomic mass is 10.2. The zero-order valence-electron chi connectivity index (χ0n) is 19.1. The Kier molecular flexibility index (Phi) is 9.83. The van der Waals surface area contributed by atoms with Crippen molar-refractivity contribution in [2.24, 2.45) is 4.99 Å². The van der Waals surface area contributed by atoms with Crippen LogP contribution in [-0.4, -0.2) is 66.6 Å². The molecule has 0 aromatic carbocycles. The fraction of sp³-hybridized carbons (Fsp3) is 0.542. The van der Waals surface area contributed by atoms with E-state index in [9.17, 15) is 0 Å². The Hall–Kier alpha value is -2.10. The van der Waals surface area contributed by atoms with Crippen LogP contribution in [-0.2, 0) is 6.54 Å². The molecule has 2 aliphatic heterocycles. The molecule has 2 aliphatic rings. The van der Waals surface area contributed by atoms with Crippen molar-refractivity contribution < 1.29 is 0 Å². The number of pyridine rings is 2. The molecule has 2 fully saturated rings. The summed E-state index contributed by atoms with van der Waals surface area (Å²) < 4.78 is 0. The van der Waals surface area contributed by atoms with Crippen LogP contribution in [0.1, 0.15) is 38.2 Å². The third kappa shape index (κ3) is 6.70. The summed E-state index contributed by atoms with van der Waals surface area (Å²) in [6.07, 6.45) is 8.99. The largest absolute Gasteiger partial charge is 0.357 e. The molecular weight excluding hydrogens is 513 g/mol. The Morgan fingerprint density at radius 3 is 2.28 bits per heavy atom. The lowest BCUT2D eigenvalue weighted by Crippen LogP contribution is -2.52. The quantitative estimate of drug-likeness (QED) is 0.348.